The fraction of sp³-hybridized carbons (Fsp3) is 0.200. The molecule has 0 bridgehead atoms. The number of amides is 1. The van der Waals surface area contributed by atoms with Gasteiger partial charge < -0.3 is 10.3 Å². The summed E-state index contributed by atoms with van der Waals surface area (Å²) in [4.78, 5) is 24.7. The zero-order chi connectivity index (χ0) is 18.8. The number of aromatic nitrogens is 5. The van der Waals surface area contributed by atoms with Crippen LogP contribution in [0.15, 0.2) is 54.9 Å². The van der Waals surface area contributed by atoms with Crippen LogP contribution in [0.2, 0.25) is 0 Å². The highest BCUT2D eigenvalue weighted by molar-refractivity contribution is 5.93. The van der Waals surface area contributed by atoms with E-state index in [9.17, 15) is 4.79 Å². The van der Waals surface area contributed by atoms with Crippen LogP contribution < -0.4 is 5.32 Å². The first kappa shape index (κ1) is 17.0. The summed E-state index contributed by atoms with van der Waals surface area (Å²) in [5, 5.41) is 10.1. The number of rotatable bonds is 5. The van der Waals surface area contributed by atoms with Gasteiger partial charge in [-0.2, -0.15) is 5.10 Å². The Morgan fingerprint density at radius 3 is 2.63 bits per heavy atom. The van der Waals surface area contributed by atoms with Crippen molar-refractivity contribution in [2.75, 3.05) is 0 Å². The van der Waals surface area contributed by atoms with Gasteiger partial charge in [-0.25, -0.2) is 4.98 Å². The van der Waals surface area contributed by atoms with Gasteiger partial charge in [0, 0.05) is 18.0 Å². The van der Waals surface area contributed by atoms with E-state index in [1.165, 1.54) is 0 Å². The first-order valence-corrected chi connectivity index (χ1v) is 8.83. The molecule has 4 rings (SSSR count). The standard InChI is InChI=1S/C20H20N6O/c1-12(2)18(19-22-14-5-3-4-6-15(14)23-19)24-20(27)17-11-16(25-26-17)13-7-9-21-10-8-13/h3-12,18H,1-2H3,(H,22,23)(H,24,27)(H,25,26). The third kappa shape index (κ3) is 3.44. The van der Waals surface area contributed by atoms with E-state index in [0.717, 1.165) is 22.4 Å². The Hall–Kier alpha value is -3.48. The lowest BCUT2D eigenvalue weighted by atomic mass is 10.0. The smallest absolute Gasteiger partial charge is 0.269 e. The minimum atomic E-state index is -0.238. The molecule has 4 aromatic rings. The number of aromatic amines is 2. The van der Waals surface area contributed by atoms with Crippen molar-refractivity contribution in [1.29, 1.82) is 0 Å². The number of hydrogen-bond donors (Lipinski definition) is 3. The van der Waals surface area contributed by atoms with Crippen molar-refractivity contribution in [3.05, 3.63) is 66.4 Å². The summed E-state index contributed by atoms with van der Waals surface area (Å²) >= 11 is 0. The van der Waals surface area contributed by atoms with E-state index in [2.05, 4.69) is 30.5 Å². The molecule has 0 fully saturated rings. The summed E-state index contributed by atoms with van der Waals surface area (Å²) in [6.45, 7) is 4.10. The monoisotopic (exact) mass is 360 g/mol. The summed E-state index contributed by atoms with van der Waals surface area (Å²) in [6.07, 6.45) is 3.39. The molecule has 0 aliphatic heterocycles. The number of nitrogens with one attached hydrogen (secondary N) is 3. The lowest BCUT2D eigenvalue weighted by Gasteiger charge is -2.19. The molecule has 3 heterocycles. The Bertz CT molecular complexity index is 1030. The predicted octanol–water partition coefficient (Wildman–Crippen LogP) is 3.48. The van der Waals surface area contributed by atoms with Crippen LogP contribution in [-0.2, 0) is 0 Å². The van der Waals surface area contributed by atoms with Gasteiger partial charge in [0.1, 0.15) is 11.5 Å². The Kier molecular flexibility index (Phi) is 4.42. The molecule has 27 heavy (non-hydrogen) atoms. The van der Waals surface area contributed by atoms with Crippen molar-refractivity contribution in [2.24, 2.45) is 5.92 Å². The van der Waals surface area contributed by atoms with Crippen LogP contribution in [0.25, 0.3) is 22.3 Å². The van der Waals surface area contributed by atoms with Crippen LogP contribution in [0.4, 0.5) is 0 Å². The van der Waals surface area contributed by atoms with Crippen LogP contribution in [-0.4, -0.2) is 31.1 Å². The fourth-order valence-corrected chi connectivity index (χ4v) is 3.00. The molecule has 3 aromatic heterocycles. The van der Waals surface area contributed by atoms with Crippen LogP contribution in [0.5, 0.6) is 0 Å². The molecule has 1 atom stereocenters. The first-order chi connectivity index (χ1) is 13.1. The number of carbonyl (C=O) groups excluding carboxylic acids is 1. The topological polar surface area (TPSA) is 99.3 Å². The van der Waals surface area contributed by atoms with Crippen molar-refractivity contribution >= 4 is 16.9 Å². The quantitative estimate of drug-likeness (QED) is 0.507. The third-order valence-corrected chi connectivity index (χ3v) is 4.45. The molecule has 136 valence electrons. The number of carbonyl (C=O) groups is 1. The van der Waals surface area contributed by atoms with Gasteiger partial charge in [-0.1, -0.05) is 26.0 Å². The highest BCUT2D eigenvalue weighted by Gasteiger charge is 2.23. The van der Waals surface area contributed by atoms with Crippen LogP contribution in [0.3, 0.4) is 0 Å². The van der Waals surface area contributed by atoms with Gasteiger partial charge in [-0.05, 0) is 36.2 Å². The van der Waals surface area contributed by atoms with Gasteiger partial charge in [0.2, 0.25) is 0 Å². The molecule has 3 N–H and O–H groups in total. The molecule has 0 spiro atoms. The number of H-pyrrole nitrogens is 2. The molecule has 0 saturated carbocycles. The number of fused-ring (bicyclic) bond motifs is 1. The van der Waals surface area contributed by atoms with E-state index in [1.807, 2.05) is 50.2 Å². The number of pyridine rings is 1. The predicted molar refractivity (Wildman–Crippen MR) is 103 cm³/mol. The molecule has 0 saturated heterocycles. The lowest BCUT2D eigenvalue weighted by Crippen LogP contribution is -2.32. The maximum Gasteiger partial charge on any atom is 0.269 e. The van der Waals surface area contributed by atoms with Crippen molar-refractivity contribution < 1.29 is 4.79 Å². The SMILES string of the molecule is CC(C)C(NC(=O)c1cc(-c2ccncc2)n[nH]1)c1nc2ccccc2[nH]1. The van der Waals surface area contributed by atoms with E-state index >= 15 is 0 Å². The summed E-state index contributed by atoms with van der Waals surface area (Å²) in [6, 6.07) is 13.0. The molecular weight excluding hydrogens is 340 g/mol. The van der Waals surface area contributed by atoms with Gasteiger partial charge >= 0.3 is 0 Å². The number of nitrogens with zero attached hydrogens (tertiary/aromatic N) is 3. The van der Waals surface area contributed by atoms with E-state index in [-0.39, 0.29) is 17.9 Å². The van der Waals surface area contributed by atoms with Crippen molar-refractivity contribution in [3.63, 3.8) is 0 Å². The minimum absolute atomic E-state index is 0.164. The van der Waals surface area contributed by atoms with Crippen LogP contribution in [0, 0.1) is 5.92 Å². The second-order valence-electron chi connectivity index (χ2n) is 6.74. The number of benzene rings is 1. The maximum atomic E-state index is 12.8. The van der Waals surface area contributed by atoms with Crippen LogP contribution >= 0.6 is 0 Å². The summed E-state index contributed by atoms with van der Waals surface area (Å²) in [5.74, 6) is 0.687. The fourth-order valence-electron chi connectivity index (χ4n) is 3.00. The van der Waals surface area contributed by atoms with E-state index in [1.54, 1.807) is 18.5 Å². The molecule has 1 unspecified atom stereocenters. The summed E-state index contributed by atoms with van der Waals surface area (Å²) in [7, 11) is 0. The van der Waals surface area contributed by atoms with Gasteiger partial charge in [-0.15, -0.1) is 0 Å². The van der Waals surface area contributed by atoms with Crippen molar-refractivity contribution in [1.82, 2.24) is 30.5 Å². The molecule has 1 amide bonds. The second-order valence-corrected chi connectivity index (χ2v) is 6.74. The summed E-state index contributed by atoms with van der Waals surface area (Å²) < 4.78 is 0. The number of imidazole rings is 1. The van der Waals surface area contributed by atoms with E-state index in [0.29, 0.717) is 11.4 Å². The first-order valence-electron chi connectivity index (χ1n) is 8.83. The molecule has 0 aliphatic rings. The normalized spacial score (nSPS) is 12.4. The Morgan fingerprint density at radius 1 is 1.11 bits per heavy atom. The Morgan fingerprint density at radius 2 is 1.89 bits per heavy atom. The second kappa shape index (κ2) is 7.03. The molecule has 0 aliphatic carbocycles. The van der Waals surface area contributed by atoms with E-state index in [4.69, 9.17) is 0 Å². The highest BCUT2D eigenvalue weighted by atomic mass is 16.2. The zero-order valence-corrected chi connectivity index (χ0v) is 15.1. The van der Waals surface area contributed by atoms with Crippen molar-refractivity contribution in [3.8, 4) is 11.3 Å². The van der Waals surface area contributed by atoms with Crippen molar-refractivity contribution in [2.45, 2.75) is 19.9 Å². The number of para-hydroxylation sites is 2. The summed E-state index contributed by atoms with van der Waals surface area (Å²) in [5.41, 5.74) is 3.84. The maximum absolute atomic E-state index is 12.8. The van der Waals surface area contributed by atoms with Gasteiger partial charge in [0.15, 0.2) is 0 Å². The number of hydrogen-bond acceptors (Lipinski definition) is 4. The molecular formula is C20H20N6O. The zero-order valence-electron chi connectivity index (χ0n) is 15.1. The largest absolute Gasteiger partial charge is 0.341 e. The van der Waals surface area contributed by atoms with Gasteiger partial charge in [0.25, 0.3) is 5.91 Å². The van der Waals surface area contributed by atoms with Gasteiger partial charge in [-0.3, -0.25) is 14.9 Å². The molecule has 0 radical (unpaired) electrons. The highest BCUT2D eigenvalue weighted by Crippen LogP contribution is 2.23. The average Bonchev–Trinajstić information content (AvgIpc) is 3.33. The minimum Gasteiger partial charge on any atom is -0.341 e. The molecule has 7 heteroatoms. The van der Waals surface area contributed by atoms with Gasteiger partial charge in [0.05, 0.1) is 22.8 Å². The molecule has 1 aromatic carbocycles. The van der Waals surface area contributed by atoms with E-state index < -0.39 is 0 Å². The Balaban J connectivity index is 1.57. The Labute approximate surface area is 156 Å². The third-order valence-electron chi connectivity index (χ3n) is 4.45. The average molecular weight is 360 g/mol. The lowest BCUT2D eigenvalue weighted by molar-refractivity contribution is 0.0918. The molecule has 7 nitrogen and oxygen atoms in total. The van der Waals surface area contributed by atoms with Crippen LogP contribution in [0.1, 0.15) is 36.2 Å².